The number of aliphatic hydroxyl groups excluding tert-OH is 1. The lowest BCUT2D eigenvalue weighted by atomic mass is 9.33. The molecule has 204 valence electrons. The predicted octanol–water partition coefficient (Wildman–Crippen LogP) is 7.14. The van der Waals surface area contributed by atoms with Crippen molar-refractivity contribution in [3.8, 4) is 0 Å². The zero-order chi connectivity index (χ0) is 25.8. The van der Waals surface area contributed by atoms with Crippen LogP contribution in [-0.4, -0.2) is 30.1 Å². The van der Waals surface area contributed by atoms with Crippen molar-refractivity contribution in [3.05, 3.63) is 11.6 Å². The molecule has 4 nitrogen and oxygen atoms in total. The summed E-state index contributed by atoms with van der Waals surface area (Å²) < 4.78 is 5.25. The zero-order valence-electron chi connectivity index (χ0n) is 23.4. The van der Waals surface area contributed by atoms with Crippen LogP contribution in [0.5, 0.6) is 0 Å². The van der Waals surface area contributed by atoms with E-state index in [2.05, 4.69) is 54.5 Å². The summed E-state index contributed by atoms with van der Waals surface area (Å²) >= 11 is 0. The molecule has 4 heteroatoms. The van der Waals surface area contributed by atoms with Gasteiger partial charge in [0, 0.05) is 5.92 Å². The first-order valence-corrected chi connectivity index (χ1v) is 14.1. The maximum absolute atomic E-state index is 14.3. The predicted molar refractivity (Wildman–Crippen MR) is 144 cm³/mol. The van der Waals surface area contributed by atoms with Crippen LogP contribution in [0.1, 0.15) is 114 Å². The molecule has 0 spiro atoms. The number of allylic oxidation sites excluding steroid dienone is 2. The molecule has 0 heterocycles. The van der Waals surface area contributed by atoms with Gasteiger partial charge < -0.3 is 9.84 Å². The number of methoxy groups -OCH3 is 1. The van der Waals surface area contributed by atoms with Crippen LogP contribution in [0.3, 0.4) is 0 Å². The molecule has 0 aromatic carbocycles. The number of aliphatic hydroxyl groups is 1. The number of carbonyl (C=O) groups is 2. The monoisotopic (exact) mass is 500 g/mol. The normalized spacial score (nSPS) is 51.4. The van der Waals surface area contributed by atoms with Crippen LogP contribution >= 0.6 is 0 Å². The molecule has 4 fully saturated rings. The Balaban J connectivity index is 0.00000304. The van der Waals surface area contributed by atoms with E-state index in [9.17, 15) is 14.7 Å². The summed E-state index contributed by atoms with van der Waals surface area (Å²) in [5.41, 5.74) is 0.590. The van der Waals surface area contributed by atoms with Gasteiger partial charge in [0.1, 0.15) is 0 Å². The van der Waals surface area contributed by atoms with Gasteiger partial charge in [-0.05, 0) is 110 Å². The van der Waals surface area contributed by atoms with Crippen LogP contribution in [0.2, 0.25) is 0 Å². The van der Waals surface area contributed by atoms with E-state index in [-0.39, 0.29) is 58.4 Å². The molecule has 0 bridgehead atoms. The lowest BCUT2D eigenvalue weighted by molar-refractivity contribution is -0.202. The van der Waals surface area contributed by atoms with Crippen LogP contribution < -0.4 is 0 Å². The van der Waals surface area contributed by atoms with Gasteiger partial charge in [0.2, 0.25) is 0 Å². The van der Waals surface area contributed by atoms with Crippen molar-refractivity contribution < 1.29 is 19.4 Å². The van der Waals surface area contributed by atoms with E-state index < -0.39 is 5.41 Å². The summed E-state index contributed by atoms with van der Waals surface area (Å²) in [7, 11) is 1.50. The van der Waals surface area contributed by atoms with Crippen LogP contribution in [0.25, 0.3) is 0 Å². The minimum absolute atomic E-state index is 0. The number of fused-ring (bicyclic) bond motifs is 7. The Morgan fingerprint density at radius 1 is 0.944 bits per heavy atom. The minimum atomic E-state index is -0.480. The number of hydrogen-bond acceptors (Lipinski definition) is 4. The standard InChI is InChI=1S/C31H48O4.CH4/c1-26(2)22-9-12-31(7)24(29(22,5)11-10-23(26)33)21(32)17-19-20-18-28(4,25(34)35-8)14-13-27(20,3)15-16-30(19,31)6;/h17,20,22-24,33H,9-16,18H2,1-8H3;1H4/t20-,22-,23-,24+,27+,28-,29?,30+,31+;/m0./s1. The molecule has 0 amide bonds. The molecule has 1 unspecified atom stereocenters. The number of rotatable bonds is 1. The molecule has 1 N–H and O–H groups in total. The Kier molecular flexibility index (Phi) is 6.32. The number of carbonyl (C=O) groups excluding carboxylic acids is 2. The van der Waals surface area contributed by atoms with E-state index in [0.29, 0.717) is 11.7 Å². The molecule has 5 aliphatic rings. The first kappa shape index (κ1) is 27.9. The molecule has 4 saturated carbocycles. The highest BCUT2D eigenvalue weighted by molar-refractivity contribution is 5.95. The van der Waals surface area contributed by atoms with Crippen LogP contribution in [-0.2, 0) is 14.3 Å². The first-order valence-electron chi connectivity index (χ1n) is 14.1. The van der Waals surface area contributed by atoms with Crippen molar-refractivity contribution >= 4 is 11.8 Å². The fourth-order valence-corrected chi connectivity index (χ4v) is 10.6. The maximum atomic E-state index is 14.3. The molecular weight excluding hydrogens is 448 g/mol. The van der Waals surface area contributed by atoms with Gasteiger partial charge in [-0.3, -0.25) is 9.59 Å². The smallest absolute Gasteiger partial charge is 0.311 e. The second-order valence-corrected chi connectivity index (χ2v) is 15.1. The average molecular weight is 501 g/mol. The quantitative estimate of drug-likeness (QED) is 0.389. The van der Waals surface area contributed by atoms with Gasteiger partial charge in [0.25, 0.3) is 0 Å². The highest BCUT2D eigenvalue weighted by Crippen LogP contribution is 2.75. The third kappa shape index (κ3) is 3.27. The van der Waals surface area contributed by atoms with Gasteiger partial charge in [-0.15, -0.1) is 0 Å². The van der Waals surface area contributed by atoms with Crippen molar-refractivity contribution in [2.45, 2.75) is 120 Å². The van der Waals surface area contributed by atoms with Crippen molar-refractivity contribution in [3.63, 3.8) is 0 Å². The van der Waals surface area contributed by atoms with Crippen LogP contribution in [0.15, 0.2) is 11.6 Å². The molecule has 0 aromatic rings. The summed E-state index contributed by atoms with van der Waals surface area (Å²) in [4.78, 5) is 27.1. The summed E-state index contributed by atoms with van der Waals surface area (Å²) in [5, 5.41) is 10.9. The minimum Gasteiger partial charge on any atom is -0.469 e. The van der Waals surface area contributed by atoms with Crippen molar-refractivity contribution in [1.82, 2.24) is 0 Å². The van der Waals surface area contributed by atoms with Gasteiger partial charge in [-0.25, -0.2) is 0 Å². The van der Waals surface area contributed by atoms with Crippen molar-refractivity contribution in [1.29, 1.82) is 0 Å². The lowest BCUT2D eigenvalue weighted by Gasteiger charge is -2.70. The van der Waals surface area contributed by atoms with E-state index in [1.54, 1.807) is 0 Å². The molecule has 9 atom stereocenters. The average Bonchev–Trinajstić information content (AvgIpc) is 2.78. The zero-order valence-corrected chi connectivity index (χ0v) is 23.4. The van der Waals surface area contributed by atoms with Gasteiger partial charge in [0.15, 0.2) is 5.78 Å². The Hall–Kier alpha value is -1.16. The lowest BCUT2D eigenvalue weighted by Crippen LogP contribution is -2.66. The third-order valence-electron chi connectivity index (χ3n) is 13.2. The summed E-state index contributed by atoms with van der Waals surface area (Å²) in [6.45, 7) is 16.2. The van der Waals surface area contributed by atoms with Gasteiger partial charge in [0.05, 0.1) is 18.6 Å². The first-order chi connectivity index (χ1) is 16.1. The third-order valence-corrected chi connectivity index (χ3v) is 13.2. The largest absolute Gasteiger partial charge is 0.469 e. The van der Waals surface area contributed by atoms with Gasteiger partial charge in [-0.1, -0.05) is 54.5 Å². The Morgan fingerprint density at radius 3 is 2.22 bits per heavy atom. The van der Waals surface area contributed by atoms with Crippen molar-refractivity contribution in [2.24, 2.45) is 50.2 Å². The Labute approximate surface area is 220 Å². The van der Waals surface area contributed by atoms with Crippen LogP contribution in [0, 0.1) is 50.2 Å². The molecule has 0 aliphatic heterocycles. The molecule has 0 aromatic heterocycles. The molecular formula is C32H52O4. The van der Waals surface area contributed by atoms with E-state index in [4.69, 9.17) is 4.74 Å². The highest BCUT2D eigenvalue weighted by Gasteiger charge is 2.70. The number of ether oxygens (including phenoxy) is 1. The molecule has 0 radical (unpaired) electrons. The summed E-state index contributed by atoms with van der Waals surface area (Å²) in [6, 6.07) is 0. The second kappa shape index (κ2) is 8.17. The maximum Gasteiger partial charge on any atom is 0.311 e. The second-order valence-electron chi connectivity index (χ2n) is 15.1. The fraction of sp³-hybridized carbons (Fsp3) is 0.875. The fourth-order valence-electron chi connectivity index (χ4n) is 10.6. The molecule has 5 aliphatic carbocycles. The summed E-state index contributed by atoms with van der Waals surface area (Å²) in [6.07, 6.45) is 10.5. The van der Waals surface area contributed by atoms with Crippen molar-refractivity contribution in [2.75, 3.05) is 7.11 Å². The van der Waals surface area contributed by atoms with E-state index in [1.165, 1.54) is 12.7 Å². The number of esters is 1. The number of hydrogen-bond donors (Lipinski definition) is 1. The van der Waals surface area contributed by atoms with E-state index in [0.717, 1.165) is 57.8 Å². The molecule has 36 heavy (non-hydrogen) atoms. The van der Waals surface area contributed by atoms with Gasteiger partial charge >= 0.3 is 5.97 Å². The molecule has 5 rings (SSSR count). The van der Waals surface area contributed by atoms with E-state index in [1.807, 2.05) is 0 Å². The highest BCUT2D eigenvalue weighted by atomic mass is 16.5. The topological polar surface area (TPSA) is 63.6 Å². The van der Waals surface area contributed by atoms with Crippen LogP contribution in [0.4, 0.5) is 0 Å². The number of ketones is 1. The molecule has 0 saturated heterocycles. The summed E-state index contributed by atoms with van der Waals surface area (Å²) in [5.74, 6) is 0.805. The Morgan fingerprint density at radius 2 is 1.58 bits per heavy atom. The SMILES string of the molecule is C.COC(=O)[C@@]1(C)CC[C@]2(C)CC[C@]3(C)C(=CC(=O)[C@@H]4C5(C)CC[C@H](O)C(C)(C)[C@@H]5CC[C@]43C)[C@@H]2C1. The Bertz CT molecular complexity index is 981. The van der Waals surface area contributed by atoms with E-state index >= 15 is 0 Å². The van der Waals surface area contributed by atoms with Gasteiger partial charge in [-0.2, -0.15) is 0 Å².